The van der Waals surface area contributed by atoms with Crippen molar-refractivity contribution in [3.05, 3.63) is 94.3 Å². The predicted octanol–water partition coefficient (Wildman–Crippen LogP) is 5.19. The molecule has 200 valence electrons. The maximum atomic E-state index is 13.9. The molecule has 0 saturated carbocycles. The summed E-state index contributed by atoms with van der Waals surface area (Å²) in [5.74, 6) is 1.17. The Bertz CT molecular complexity index is 1630. The Morgan fingerprint density at radius 3 is 2.49 bits per heavy atom. The molecule has 0 fully saturated rings. The third kappa shape index (κ3) is 5.12. The number of rotatable bonds is 8. The van der Waals surface area contributed by atoms with Gasteiger partial charge in [-0.25, -0.2) is 4.79 Å². The highest BCUT2D eigenvalue weighted by Crippen LogP contribution is 2.34. The van der Waals surface area contributed by atoms with E-state index in [0.717, 1.165) is 52.2 Å². The van der Waals surface area contributed by atoms with E-state index in [-0.39, 0.29) is 11.1 Å². The number of nitrogens with zero attached hydrogens (tertiary/aromatic N) is 6. The molecule has 3 heterocycles. The van der Waals surface area contributed by atoms with Gasteiger partial charge in [0, 0.05) is 29.2 Å². The van der Waals surface area contributed by atoms with Crippen molar-refractivity contribution in [2.75, 3.05) is 7.11 Å². The molecule has 1 N–H and O–H groups in total. The highest BCUT2D eigenvalue weighted by molar-refractivity contribution is 5.77. The Morgan fingerprint density at radius 1 is 1.03 bits per heavy atom. The van der Waals surface area contributed by atoms with E-state index in [1.54, 1.807) is 17.9 Å². The molecule has 0 unspecified atom stereocenters. The van der Waals surface area contributed by atoms with Gasteiger partial charge in [-0.05, 0) is 46.4 Å². The quantitative estimate of drug-likeness (QED) is 0.300. The minimum atomic E-state index is -0.169. The van der Waals surface area contributed by atoms with E-state index < -0.39 is 0 Å². The van der Waals surface area contributed by atoms with Gasteiger partial charge in [0.15, 0.2) is 0 Å². The topological polar surface area (TPSA) is 104 Å². The number of benzene rings is 2. The molecule has 2 aromatic carbocycles. The molecule has 0 aliphatic carbocycles. The number of ether oxygens (including phenoxy) is 1. The minimum absolute atomic E-state index is 0.0818. The number of aromatic nitrogens is 7. The summed E-state index contributed by atoms with van der Waals surface area (Å²) in [5, 5.41) is 14.4. The number of imidazole rings is 1. The van der Waals surface area contributed by atoms with Gasteiger partial charge in [0.2, 0.25) is 5.82 Å². The fraction of sp³-hybridized carbons (Fsp3) is 0.300. The third-order valence-corrected chi connectivity index (χ3v) is 6.80. The van der Waals surface area contributed by atoms with E-state index >= 15 is 0 Å². The number of hydrogen-bond acceptors (Lipinski definition) is 6. The summed E-state index contributed by atoms with van der Waals surface area (Å²) < 4.78 is 9.34. The Kier molecular flexibility index (Phi) is 7.15. The summed E-state index contributed by atoms with van der Waals surface area (Å²) >= 11 is 0. The molecule has 0 atom stereocenters. The standard InChI is InChI=1S/C30H33N7O2/c1-6-9-22-19-37(27-24(30(2,3)4)11-7-12-25(27)39-5)29(38)36(22)18-20-13-15-21(16-14-20)26-23(10-8-17-31-26)28-32-34-35-33-28/h7-8,10-17,19H,6,9,18H2,1-5H3,(H,32,33,34,35). The summed E-state index contributed by atoms with van der Waals surface area (Å²) in [6.45, 7) is 9.02. The predicted molar refractivity (Wildman–Crippen MR) is 151 cm³/mol. The summed E-state index contributed by atoms with van der Waals surface area (Å²) in [4.78, 5) is 18.5. The van der Waals surface area contributed by atoms with Crippen molar-refractivity contribution in [3.63, 3.8) is 0 Å². The van der Waals surface area contributed by atoms with Gasteiger partial charge >= 0.3 is 5.69 Å². The fourth-order valence-electron chi connectivity index (χ4n) is 4.89. The van der Waals surface area contributed by atoms with E-state index in [9.17, 15) is 4.79 Å². The van der Waals surface area contributed by atoms with Gasteiger partial charge in [-0.1, -0.05) is 70.5 Å². The molecule has 9 heteroatoms. The van der Waals surface area contributed by atoms with Crippen LogP contribution in [0.2, 0.25) is 0 Å². The number of tetrazole rings is 1. The smallest absolute Gasteiger partial charge is 0.333 e. The molecular formula is C30H33N7O2. The number of aromatic amines is 1. The van der Waals surface area contributed by atoms with Crippen LogP contribution < -0.4 is 10.4 Å². The van der Waals surface area contributed by atoms with Gasteiger partial charge < -0.3 is 4.74 Å². The van der Waals surface area contributed by atoms with Crippen molar-refractivity contribution in [1.82, 2.24) is 34.7 Å². The molecule has 3 aromatic heterocycles. The van der Waals surface area contributed by atoms with E-state index in [1.807, 2.05) is 59.3 Å². The van der Waals surface area contributed by atoms with E-state index in [2.05, 4.69) is 59.4 Å². The van der Waals surface area contributed by atoms with Crippen LogP contribution in [0.25, 0.3) is 28.3 Å². The first-order valence-corrected chi connectivity index (χ1v) is 13.1. The normalized spacial score (nSPS) is 11.6. The zero-order chi connectivity index (χ0) is 27.6. The zero-order valence-corrected chi connectivity index (χ0v) is 23.0. The lowest BCUT2D eigenvalue weighted by Gasteiger charge is -2.24. The van der Waals surface area contributed by atoms with Crippen LogP contribution >= 0.6 is 0 Å². The van der Waals surface area contributed by atoms with Crippen molar-refractivity contribution in [3.8, 4) is 34.1 Å². The Labute approximate surface area is 227 Å². The lowest BCUT2D eigenvalue weighted by molar-refractivity contribution is 0.410. The van der Waals surface area contributed by atoms with E-state index in [0.29, 0.717) is 18.1 Å². The maximum absolute atomic E-state index is 13.9. The fourth-order valence-corrected chi connectivity index (χ4v) is 4.89. The average Bonchev–Trinajstić information content (AvgIpc) is 3.58. The van der Waals surface area contributed by atoms with Crippen LogP contribution in [-0.2, 0) is 18.4 Å². The Hall–Kier alpha value is -4.53. The van der Waals surface area contributed by atoms with Crippen LogP contribution in [0, 0.1) is 0 Å². The van der Waals surface area contributed by atoms with Crippen molar-refractivity contribution in [2.45, 2.75) is 52.5 Å². The monoisotopic (exact) mass is 523 g/mol. The lowest BCUT2D eigenvalue weighted by atomic mass is 9.85. The van der Waals surface area contributed by atoms with Crippen LogP contribution in [0.15, 0.2) is 71.8 Å². The zero-order valence-electron chi connectivity index (χ0n) is 23.0. The summed E-state index contributed by atoms with van der Waals surface area (Å²) in [7, 11) is 1.65. The number of hydrogen-bond donors (Lipinski definition) is 1. The lowest BCUT2D eigenvalue weighted by Crippen LogP contribution is -2.27. The average molecular weight is 524 g/mol. The molecular weight excluding hydrogens is 490 g/mol. The second-order valence-electron chi connectivity index (χ2n) is 10.5. The van der Waals surface area contributed by atoms with Gasteiger partial charge in [0.05, 0.1) is 25.0 Å². The first-order chi connectivity index (χ1) is 18.8. The molecule has 0 aliphatic heterocycles. The van der Waals surface area contributed by atoms with Gasteiger partial charge in [-0.2, -0.15) is 5.21 Å². The molecule has 0 spiro atoms. The highest BCUT2D eigenvalue weighted by Gasteiger charge is 2.24. The number of pyridine rings is 1. The minimum Gasteiger partial charge on any atom is -0.495 e. The molecule has 9 nitrogen and oxygen atoms in total. The number of para-hydroxylation sites is 1. The summed E-state index contributed by atoms with van der Waals surface area (Å²) in [6.07, 6.45) is 5.44. The SMILES string of the molecule is CCCc1cn(-c2c(OC)cccc2C(C)(C)C)c(=O)n1Cc1ccc(-c2ncccc2-c2nn[nH]n2)cc1. The van der Waals surface area contributed by atoms with E-state index in [4.69, 9.17) is 4.74 Å². The van der Waals surface area contributed by atoms with Crippen LogP contribution in [0.1, 0.15) is 50.9 Å². The first kappa shape index (κ1) is 26.1. The first-order valence-electron chi connectivity index (χ1n) is 13.1. The molecule has 0 radical (unpaired) electrons. The molecule has 0 bridgehead atoms. The van der Waals surface area contributed by atoms with Crippen molar-refractivity contribution in [2.24, 2.45) is 0 Å². The molecule has 0 amide bonds. The van der Waals surface area contributed by atoms with Crippen molar-refractivity contribution in [1.29, 1.82) is 0 Å². The van der Waals surface area contributed by atoms with Crippen LogP contribution in [0.5, 0.6) is 5.75 Å². The number of nitrogens with one attached hydrogen (secondary N) is 1. The van der Waals surface area contributed by atoms with Crippen LogP contribution in [0.4, 0.5) is 0 Å². The maximum Gasteiger partial charge on any atom is 0.333 e. The number of methoxy groups -OCH3 is 1. The second kappa shape index (κ2) is 10.7. The van der Waals surface area contributed by atoms with Crippen LogP contribution in [0.3, 0.4) is 0 Å². The third-order valence-electron chi connectivity index (χ3n) is 6.80. The van der Waals surface area contributed by atoms with Crippen molar-refractivity contribution >= 4 is 0 Å². The molecule has 0 saturated heterocycles. The number of H-pyrrole nitrogens is 1. The summed E-state index contributed by atoms with van der Waals surface area (Å²) in [6, 6.07) is 17.8. The van der Waals surface area contributed by atoms with Crippen molar-refractivity contribution < 1.29 is 4.74 Å². The Balaban J connectivity index is 1.53. The highest BCUT2D eigenvalue weighted by atomic mass is 16.5. The largest absolute Gasteiger partial charge is 0.495 e. The van der Waals surface area contributed by atoms with Gasteiger partial charge in [0.25, 0.3) is 0 Å². The second-order valence-corrected chi connectivity index (χ2v) is 10.5. The molecule has 5 aromatic rings. The van der Waals surface area contributed by atoms with E-state index in [1.165, 1.54) is 0 Å². The van der Waals surface area contributed by atoms with Gasteiger partial charge in [0.1, 0.15) is 5.75 Å². The molecule has 5 rings (SSSR count). The molecule has 39 heavy (non-hydrogen) atoms. The molecule has 0 aliphatic rings. The van der Waals surface area contributed by atoms with Gasteiger partial charge in [-0.3, -0.25) is 14.1 Å². The van der Waals surface area contributed by atoms with Crippen LogP contribution in [-0.4, -0.2) is 41.9 Å². The Morgan fingerprint density at radius 2 is 1.82 bits per heavy atom. The number of aryl methyl sites for hydroxylation is 1. The summed E-state index contributed by atoms with van der Waals surface area (Å²) in [5.41, 5.74) is 6.11. The van der Waals surface area contributed by atoms with Gasteiger partial charge in [-0.15, -0.1) is 10.2 Å².